The third-order valence-electron chi connectivity index (χ3n) is 4.11. The smallest absolute Gasteiger partial charge is 0.261 e. The molecule has 1 unspecified atom stereocenters. The minimum absolute atomic E-state index is 0.0477. The standard InChI is InChI=1S/C18H23N3O6S2/c1-13-3-7-15(8-4-13)28(24,25)19-12-11-17(18(22)20-23)21-29(26,27)16-9-5-14(2)6-10-16/h3-10,17,19,21,23H,11-12H2,1-2H3,(H,20,22). The van der Waals surface area contributed by atoms with Gasteiger partial charge in [-0.25, -0.2) is 27.0 Å². The fraction of sp³-hybridized carbons (Fsp3) is 0.278. The van der Waals surface area contributed by atoms with Crippen LogP contribution in [0.1, 0.15) is 17.5 Å². The maximum Gasteiger partial charge on any atom is 0.261 e. The van der Waals surface area contributed by atoms with Gasteiger partial charge in [0.1, 0.15) is 6.04 Å². The Kier molecular flexibility index (Phi) is 7.49. The Balaban J connectivity index is 2.08. The normalized spacial score (nSPS) is 13.1. The number of aryl methyl sites for hydroxylation is 2. The van der Waals surface area contributed by atoms with E-state index in [9.17, 15) is 21.6 Å². The van der Waals surface area contributed by atoms with Gasteiger partial charge in [-0.3, -0.25) is 10.0 Å². The monoisotopic (exact) mass is 441 g/mol. The first kappa shape index (κ1) is 23.0. The van der Waals surface area contributed by atoms with E-state index in [0.29, 0.717) is 0 Å². The lowest BCUT2D eigenvalue weighted by atomic mass is 10.2. The number of hydroxylamine groups is 1. The van der Waals surface area contributed by atoms with Gasteiger partial charge in [0, 0.05) is 6.54 Å². The molecular weight excluding hydrogens is 418 g/mol. The average molecular weight is 442 g/mol. The highest BCUT2D eigenvalue weighted by Crippen LogP contribution is 2.12. The number of benzene rings is 2. The second kappa shape index (κ2) is 9.46. The number of hydrogen-bond donors (Lipinski definition) is 4. The van der Waals surface area contributed by atoms with Gasteiger partial charge >= 0.3 is 0 Å². The zero-order chi connectivity index (χ0) is 21.7. The topological polar surface area (TPSA) is 142 Å². The Labute approximate surface area is 170 Å². The van der Waals surface area contributed by atoms with Gasteiger partial charge in [0.2, 0.25) is 20.0 Å². The van der Waals surface area contributed by atoms with Crippen molar-refractivity contribution < 1.29 is 26.8 Å². The molecule has 0 spiro atoms. The van der Waals surface area contributed by atoms with Crippen LogP contribution < -0.4 is 14.9 Å². The number of hydrogen-bond acceptors (Lipinski definition) is 6. The van der Waals surface area contributed by atoms with E-state index in [1.165, 1.54) is 29.7 Å². The molecule has 2 aromatic rings. The van der Waals surface area contributed by atoms with E-state index in [0.717, 1.165) is 11.1 Å². The minimum atomic E-state index is -4.05. The lowest BCUT2D eigenvalue weighted by Gasteiger charge is -2.17. The highest BCUT2D eigenvalue weighted by molar-refractivity contribution is 7.89. The van der Waals surface area contributed by atoms with Crippen molar-refractivity contribution in [3.05, 3.63) is 59.7 Å². The number of nitrogens with one attached hydrogen (secondary N) is 3. The Hall–Kier alpha value is -2.31. The van der Waals surface area contributed by atoms with E-state index >= 15 is 0 Å². The lowest BCUT2D eigenvalue weighted by Crippen LogP contribution is -2.47. The van der Waals surface area contributed by atoms with Crippen LogP contribution in [0.3, 0.4) is 0 Å². The SMILES string of the molecule is Cc1ccc(S(=O)(=O)NCCC(NS(=O)(=O)c2ccc(C)cc2)C(=O)NO)cc1. The summed E-state index contributed by atoms with van der Waals surface area (Å²) >= 11 is 0. The van der Waals surface area contributed by atoms with E-state index in [1.54, 1.807) is 31.2 Å². The van der Waals surface area contributed by atoms with Gasteiger partial charge in [-0.2, -0.15) is 4.72 Å². The Morgan fingerprint density at radius 2 is 1.31 bits per heavy atom. The molecule has 0 saturated heterocycles. The highest BCUT2D eigenvalue weighted by Gasteiger charge is 2.26. The first-order valence-electron chi connectivity index (χ1n) is 8.64. The molecule has 9 nitrogen and oxygen atoms in total. The molecule has 0 fully saturated rings. The summed E-state index contributed by atoms with van der Waals surface area (Å²) in [5, 5.41) is 8.90. The molecule has 0 aliphatic rings. The Morgan fingerprint density at radius 3 is 1.76 bits per heavy atom. The molecule has 0 aromatic heterocycles. The molecule has 0 aliphatic heterocycles. The fourth-order valence-electron chi connectivity index (χ4n) is 2.43. The van der Waals surface area contributed by atoms with Crippen LogP contribution in [0.5, 0.6) is 0 Å². The molecule has 11 heteroatoms. The lowest BCUT2D eigenvalue weighted by molar-refractivity contribution is -0.131. The van der Waals surface area contributed by atoms with Crippen molar-refractivity contribution in [2.24, 2.45) is 0 Å². The molecule has 0 heterocycles. The van der Waals surface area contributed by atoms with Crippen LogP contribution in [0.2, 0.25) is 0 Å². The van der Waals surface area contributed by atoms with Crippen LogP contribution in [0.4, 0.5) is 0 Å². The number of carbonyl (C=O) groups excluding carboxylic acids is 1. The first-order chi connectivity index (χ1) is 13.5. The van der Waals surface area contributed by atoms with Crippen LogP contribution in [0.15, 0.2) is 58.3 Å². The average Bonchev–Trinajstić information content (AvgIpc) is 2.67. The number of carbonyl (C=O) groups is 1. The predicted octanol–water partition coefficient (Wildman–Crippen LogP) is 0.824. The molecule has 1 amide bonds. The van der Waals surface area contributed by atoms with E-state index in [2.05, 4.69) is 9.44 Å². The van der Waals surface area contributed by atoms with Gasteiger partial charge in [-0.05, 0) is 44.5 Å². The minimum Gasteiger partial charge on any atom is -0.289 e. The van der Waals surface area contributed by atoms with Crippen molar-refractivity contribution in [1.29, 1.82) is 0 Å². The molecular formula is C18H23N3O6S2. The van der Waals surface area contributed by atoms with Gasteiger partial charge in [-0.1, -0.05) is 35.4 Å². The summed E-state index contributed by atoms with van der Waals surface area (Å²) in [6.07, 6.45) is -0.220. The maximum atomic E-state index is 12.5. The zero-order valence-electron chi connectivity index (χ0n) is 15.9. The van der Waals surface area contributed by atoms with Crippen molar-refractivity contribution >= 4 is 26.0 Å². The van der Waals surface area contributed by atoms with Gasteiger partial charge in [0.05, 0.1) is 9.79 Å². The molecule has 4 N–H and O–H groups in total. The van der Waals surface area contributed by atoms with E-state index in [4.69, 9.17) is 5.21 Å². The predicted molar refractivity (Wildman–Crippen MR) is 106 cm³/mol. The number of sulfonamides is 2. The van der Waals surface area contributed by atoms with E-state index in [1.807, 2.05) is 6.92 Å². The zero-order valence-corrected chi connectivity index (χ0v) is 17.5. The molecule has 0 bridgehead atoms. The summed E-state index contributed by atoms with van der Waals surface area (Å²) in [7, 11) is -7.88. The molecule has 2 rings (SSSR count). The maximum absolute atomic E-state index is 12.5. The van der Waals surface area contributed by atoms with Crippen molar-refractivity contribution in [1.82, 2.24) is 14.9 Å². The molecule has 1 atom stereocenters. The summed E-state index contributed by atoms with van der Waals surface area (Å²) < 4.78 is 54.1. The molecule has 0 saturated carbocycles. The van der Waals surface area contributed by atoms with Crippen LogP contribution >= 0.6 is 0 Å². The Morgan fingerprint density at radius 1 is 0.862 bits per heavy atom. The van der Waals surface area contributed by atoms with Crippen LogP contribution in [0.25, 0.3) is 0 Å². The highest BCUT2D eigenvalue weighted by atomic mass is 32.2. The third kappa shape index (κ3) is 6.34. The third-order valence-corrected chi connectivity index (χ3v) is 7.08. The molecule has 2 aromatic carbocycles. The van der Waals surface area contributed by atoms with Crippen molar-refractivity contribution in [2.75, 3.05) is 6.54 Å². The largest absolute Gasteiger partial charge is 0.289 e. The fourth-order valence-corrected chi connectivity index (χ4v) is 4.71. The van der Waals surface area contributed by atoms with Crippen LogP contribution in [-0.2, 0) is 24.8 Å². The molecule has 158 valence electrons. The second-order valence-electron chi connectivity index (χ2n) is 6.46. The summed E-state index contributed by atoms with van der Waals surface area (Å²) in [4.78, 5) is 11.9. The van der Waals surface area contributed by atoms with Crippen molar-refractivity contribution in [3.8, 4) is 0 Å². The van der Waals surface area contributed by atoms with Gasteiger partial charge in [0.15, 0.2) is 0 Å². The molecule has 0 aliphatic carbocycles. The molecule has 0 radical (unpaired) electrons. The van der Waals surface area contributed by atoms with Gasteiger partial charge in [0.25, 0.3) is 5.91 Å². The van der Waals surface area contributed by atoms with Gasteiger partial charge in [-0.15, -0.1) is 0 Å². The first-order valence-corrected chi connectivity index (χ1v) is 11.6. The van der Waals surface area contributed by atoms with Crippen LogP contribution in [0, 0.1) is 13.8 Å². The summed E-state index contributed by atoms with van der Waals surface area (Å²) in [5.74, 6) is -1.00. The summed E-state index contributed by atoms with van der Waals surface area (Å²) in [5.41, 5.74) is 3.15. The quantitative estimate of drug-likeness (QED) is 0.335. The summed E-state index contributed by atoms with van der Waals surface area (Å²) in [6.45, 7) is 3.39. The number of amides is 1. The summed E-state index contributed by atoms with van der Waals surface area (Å²) in [6, 6.07) is 10.8. The second-order valence-corrected chi connectivity index (χ2v) is 9.94. The van der Waals surface area contributed by atoms with E-state index in [-0.39, 0.29) is 22.8 Å². The van der Waals surface area contributed by atoms with Crippen molar-refractivity contribution in [2.45, 2.75) is 36.1 Å². The molecule has 29 heavy (non-hydrogen) atoms. The number of rotatable bonds is 9. The Bertz CT molecular complexity index is 1050. The van der Waals surface area contributed by atoms with Crippen LogP contribution in [-0.4, -0.2) is 40.5 Å². The van der Waals surface area contributed by atoms with Crippen molar-refractivity contribution in [3.63, 3.8) is 0 Å². The van der Waals surface area contributed by atoms with Gasteiger partial charge < -0.3 is 0 Å². The van der Waals surface area contributed by atoms with E-state index < -0.39 is 32.0 Å².